The molecule has 0 radical (unpaired) electrons. The third-order valence-electron chi connectivity index (χ3n) is 2.71. The second-order valence-electron chi connectivity index (χ2n) is 4.01. The number of hydrogen-bond donors (Lipinski definition) is 1. The lowest BCUT2D eigenvalue weighted by atomic mass is 10.3. The normalized spacial score (nSPS) is 20.7. The van der Waals surface area contributed by atoms with Crippen LogP contribution in [0.25, 0.3) is 0 Å². The summed E-state index contributed by atoms with van der Waals surface area (Å²) in [6.45, 7) is 3.48. The molecular weight excluding hydrogens is 214 g/mol. The van der Waals surface area contributed by atoms with Crippen LogP contribution in [0, 0.1) is 0 Å². The summed E-state index contributed by atoms with van der Waals surface area (Å²) in [5, 5.41) is 0. The number of nitrogens with zero attached hydrogens (tertiary/aromatic N) is 2. The van der Waals surface area contributed by atoms with Crippen molar-refractivity contribution >= 4 is 10.0 Å². The zero-order valence-corrected chi connectivity index (χ0v) is 10.2. The molecule has 0 bridgehead atoms. The van der Waals surface area contributed by atoms with Gasteiger partial charge in [-0.25, -0.2) is 8.42 Å². The fourth-order valence-corrected chi connectivity index (χ4v) is 3.17. The van der Waals surface area contributed by atoms with E-state index in [1.807, 2.05) is 7.05 Å². The number of nitrogens with two attached hydrogens (primary N) is 1. The molecule has 0 aromatic rings. The topological polar surface area (TPSA) is 66.6 Å². The van der Waals surface area contributed by atoms with Gasteiger partial charge in [-0.15, -0.1) is 0 Å². The molecule has 1 aliphatic rings. The van der Waals surface area contributed by atoms with Crippen molar-refractivity contribution in [3.8, 4) is 0 Å². The van der Waals surface area contributed by atoms with Crippen molar-refractivity contribution < 1.29 is 8.42 Å². The van der Waals surface area contributed by atoms with Gasteiger partial charge in [0.1, 0.15) is 0 Å². The van der Waals surface area contributed by atoms with Crippen LogP contribution in [0.5, 0.6) is 0 Å². The molecule has 1 fully saturated rings. The van der Waals surface area contributed by atoms with Gasteiger partial charge in [0.2, 0.25) is 10.0 Å². The average molecular weight is 235 g/mol. The molecule has 90 valence electrons. The van der Waals surface area contributed by atoms with E-state index in [9.17, 15) is 8.42 Å². The Morgan fingerprint density at radius 1 is 1.13 bits per heavy atom. The number of sulfonamides is 1. The third kappa shape index (κ3) is 4.06. The Balaban J connectivity index is 2.40. The number of piperazine rings is 1. The van der Waals surface area contributed by atoms with Crippen molar-refractivity contribution in [1.82, 2.24) is 9.21 Å². The van der Waals surface area contributed by atoms with Gasteiger partial charge in [-0.2, -0.15) is 4.31 Å². The van der Waals surface area contributed by atoms with Gasteiger partial charge >= 0.3 is 0 Å². The predicted molar refractivity (Wildman–Crippen MR) is 61.1 cm³/mol. The maximum absolute atomic E-state index is 11.8. The van der Waals surface area contributed by atoms with Crippen LogP contribution in [0.2, 0.25) is 0 Å². The van der Waals surface area contributed by atoms with Gasteiger partial charge < -0.3 is 10.6 Å². The zero-order chi connectivity index (χ0) is 11.3. The molecule has 1 saturated heterocycles. The second-order valence-corrected chi connectivity index (χ2v) is 6.10. The lowest BCUT2D eigenvalue weighted by Crippen LogP contribution is -2.47. The third-order valence-corrected chi connectivity index (χ3v) is 4.67. The Kier molecular flexibility index (Phi) is 4.98. The van der Waals surface area contributed by atoms with E-state index < -0.39 is 10.0 Å². The van der Waals surface area contributed by atoms with E-state index in [0.29, 0.717) is 26.1 Å². The molecule has 0 spiro atoms. The summed E-state index contributed by atoms with van der Waals surface area (Å²) in [4.78, 5) is 2.14. The SMILES string of the molecule is CN1CCN(S(=O)(=O)CCCCN)CC1. The molecular formula is C9H21N3O2S. The summed E-state index contributed by atoms with van der Waals surface area (Å²) in [5.41, 5.74) is 5.34. The summed E-state index contributed by atoms with van der Waals surface area (Å²) >= 11 is 0. The molecule has 1 aliphatic heterocycles. The molecule has 15 heavy (non-hydrogen) atoms. The van der Waals surface area contributed by atoms with Crippen LogP contribution in [0.1, 0.15) is 12.8 Å². The van der Waals surface area contributed by atoms with Crippen LogP contribution in [0.3, 0.4) is 0 Å². The molecule has 0 aromatic heterocycles. The first-order valence-corrected chi connectivity index (χ1v) is 7.03. The summed E-state index contributed by atoms with van der Waals surface area (Å²) in [6.07, 6.45) is 1.46. The number of unbranched alkanes of at least 4 members (excludes halogenated alkanes) is 1. The van der Waals surface area contributed by atoms with Crippen LogP contribution in [-0.4, -0.2) is 63.1 Å². The summed E-state index contributed by atoms with van der Waals surface area (Å²) in [7, 11) is -1.02. The van der Waals surface area contributed by atoms with E-state index in [1.54, 1.807) is 4.31 Å². The summed E-state index contributed by atoms with van der Waals surface area (Å²) in [6, 6.07) is 0. The smallest absolute Gasteiger partial charge is 0.214 e. The maximum Gasteiger partial charge on any atom is 0.214 e. The molecule has 0 amide bonds. The van der Waals surface area contributed by atoms with Crippen LogP contribution in [0.4, 0.5) is 0 Å². The maximum atomic E-state index is 11.8. The lowest BCUT2D eigenvalue weighted by molar-refractivity contribution is 0.222. The minimum absolute atomic E-state index is 0.244. The minimum Gasteiger partial charge on any atom is -0.330 e. The van der Waals surface area contributed by atoms with E-state index in [4.69, 9.17) is 5.73 Å². The fourth-order valence-electron chi connectivity index (χ4n) is 1.62. The highest BCUT2D eigenvalue weighted by Crippen LogP contribution is 2.08. The molecule has 5 nitrogen and oxygen atoms in total. The molecule has 0 aromatic carbocycles. The molecule has 2 N–H and O–H groups in total. The molecule has 0 saturated carbocycles. The van der Waals surface area contributed by atoms with Crippen molar-refractivity contribution in [3.05, 3.63) is 0 Å². The molecule has 0 unspecified atom stereocenters. The number of likely N-dealkylation sites (N-methyl/N-ethyl adjacent to an activating group) is 1. The highest BCUT2D eigenvalue weighted by atomic mass is 32.2. The minimum atomic E-state index is -3.03. The van der Waals surface area contributed by atoms with Gasteiger partial charge in [0.25, 0.3) is 0 Å². The van der Waals surface area contributed by atoms with E-state index in [2.05, 4.69) is 4.90 Å². The van der Waals surface area contributed by atoms with Gasteiger partial charge in [-0.1, -0.05) is 0 Å². The monoisotopic (exact) mass is 235 g/mol. The predicted octanol–water partition coefficient (Wildman–Crippen LogP) is -0.697. The van der Waals surface area contributed by atoms with Gasteiger partial charge in [0.05, 0.1) is 5.75 Å². The van der Waals surface area contributed by atoms with Crippen molar-refractivity contribution in [2.45, 2.75) is 12.8 Å². The van der Waals surface area contributed by atoms with Gasteiger partial charge in [-0.05, 0) is 26.4 Å². The molecule has 0 atom stereocenters. The van der Waals surface area contributed by atoms with Crippen molar-refractivity contribution in [2.75, 3.05) is 45.5 Å². The van der Waals surface area contributed by atoms with Gasteiger partial charge in [0.15, 0.2) is 0 Å². The average Bonchev–Trinajstić information content (AvgIpc) is 2.18. The van der Waals surface area contributed by atoms with Gasteiger partial charge in [-0.3, -0.25) is 0 Å². The second kappa shape index (κ2) is 5.79. The Hall–Kier alpha value is -0.170. The van der Waals surface area contributed by atoms with Crippen LogP contribution in [-0.2, 0) is 10.0 Å². The first kappa shape index (κ1) is 12.9. The van der Waals surface area contributed by atoms with Crippen LogP contribution in [0.15, 0.2) is 0 Å². The highest BCUT2D eigenvalue weighted by molar-refractivity contribution is 7.89. The quantitative estimate of drug-likeness (QED) is 0.640. The Labute approximate surface area is 92.3 Å². The fraction of sp³-hybridized carbons (Fsp3) is 1.00. The zero-order valence-electron chi connectivity index (χ0n) is 9.35. The Morgan fingerprint density at radius 3 is 2.27 bits per heavy atom. The summed E-state index contributed by atoms with van der Waals surface area (Å²) in [5.74, 6) is 0.244. The first-order chi connectivity index (χ1) is 7.06. The molecule has 0 aliphatic carbocycles. The van der Waals surface area contributed by atoms with E-state index >= 15 is 0 Å². The van der Waals surface area contributed by atoms with E-state index in [0.717, 1.165) is 19.5 Å². The van der Waals surface area contributed by atoms with E-state index in [-0.39, 0.29) is 5.75 Å². The van der Waals surface area contributed by atoms with Crippen LogP contribution < -0.4 is 5.73 Å². The van der Waals surface area contributed by atoms with Crippen LogP contribution >= 0.6 is 0 Å². The van der Waals surface area contributed by atoms with Gasteiger partial charge in [0, 0.05) is 26.2 Å². The molecule has 6 heteroatoms. The standard InChI is InChI=1S/C9H21N3O2S/c1-11-5-7-12(8-6-11)15(13,14)9-3-2-4-10/h2-10H2,1H3. The van der Waals surface area contributed by atoms with E-state index in [1.165, 1.54) is 0 Å². The molecule has 1 heterocycles. The first-order valence-electron chi connectivity index (χ1n) is 5.42. The summed E-state index contributed by atoms with van der Waals surface area (Å²) < 4.78 is 25.3. The van der Waals surface area contributed by atoms with Crippen molar-refractivity contribution in [3.63, 3.8) is 0 Å². The van der Waals surface area contributed by atoms with Crippen molar-refractivity contribution in [1.29, 1.82) is 0 Å². The highest BCUT2D eigenvalue weighted by Gasteiger charge is 2.24. The Bertz CT molecular complexity index is 271. The number of rotatable bonds is 5. The Morgan fingerprint density at radius 2 is 1.73 bits per heavy atom. The van der Waals surface area contributed by atoms with Crippen molar-refractivity contribution in [2.24, 2.45) is 5.73 Å². The largest absolute Gasteiger partial charge is 0.330 e. The lowest BCUT2D eigenvalue weighted by Gasteiger charge is -2.31. The number of hydrogen-bond acceptors (Lipinski definition) is 4. The molecule has 1 rings (SSSR count).